The summed E-state index contributed by atoms with van der Waals surface area (Å²) >= 11 is 0. The molecule has 15 nitrogen and oxygen atoms in total. The molecule has 0 radical (unpaired) electrons. The largest absolute Gasteiger partial charge is 0.481 e. The maximum absolute atomic E-state index is 13.5. The Hall–Kier alpha value is -5.44. The van der Waals surface area contributed by atoms with Crippen molar-refractivity contribution >= 4 is 39.1 Å². The zero-order chi connectivity index (χ0) is 40.8. The molecule has 3 N–H and O–H groups in total. The molecular weight excluding hydrogens is 757 g/mol. The molecular formula is C41H48N3O12P. The highest BCUT2D eigenvalue weighted by atomic mass is 31.2. The highest BCUT2D eigenvalue weighted by molar-refractivity contribution is 7.40. The molecule has 0 fully saturated rings. The monoisotopic (exact) mass is 805 g/mol. The van der Waals surface area contributed by atoms with Gasteiger partial charge in [0.2, 0.25) is 12.3 Å². The Bertz CT molecular complexity index is 1860. The number of furan rings is 1. The summed E-state index contributed by atoms with van der Waals surface area (Å²) in [5, 5.41) is 6.35. The molecule has 0 saturated carbocycles. The van der Waals surface area contributed by atoms with Gasteiger partial charge in [-0.1, -0.05) is 99.8 Å². The van der Waals surface area contributed by atoms with Crippen LogP contribution >= 0.6 is 8.60 Å². The summed E-state index contributed by atoms with van der Waals surface area (Å²) < 4.78 is 27.2. The molecule has 4 rings (SSSR count). The maximum Gasteiger partial charge on any atom is 0.344 e. The Labute approximate surface area is 332 Å². The minimum absolute atomic E-state index is 0.0475. The van der Waals surface area contributed by atoms with E-state index in [0.29, 0.717) is 37.5 Å². The SMILES string of the molecule is CCCCCC(C(=O)NCNC(=O)c1ccc(-c2ccc(C=O)c(OCC(=O)OCc3ccccc3)c2)o1)C(CC)N(C=O)OCOP(O)OCc1ccccc1. The molecule has 1 aromatic heterocycles. The number of unbranched alkanes of at least 4 members (excludes halogenated alkanes) is 2. The quantitative estimate of drug-likeness (QED) is 0.0157. The fourth-order valence-electron chi connectivity index (χ4n) is 5.70. The molecule has 304 valence electrons. The summed E-state index contributed by atoms with van der Waals surface area (Å²) in [4.78, 5) is 78.2. The van der Waals surface area contributed by atoms with Gasteiger partial charge in [0, 0.05) is 5.56 Å². The van der Waals surface area contributed by atoms with E-state index in [1.807, 2.05) is 74.5 Å². The van der Waals surface area contributed by atoms with Gasteiger partial charge in [-0.15, -0.1) is 0 Å². The van der Waals surface area contributed by atoms with Crippen LogP contribution in [0.2, 0.25) is 0 Å². The van der Waals surface area contributed by atoms with Crippen molar-refractivity contribution in [3.8, 4) is 17.1 Å². The van der Waals surface area contributed by atoms with E-state index in [1.165, 1.54) is 18.2 Å². The van der Waals surface area contributed by atoms with Crippen LogP contribution in [0.3, 0.4) is 0 Å². The van der Waals surface area contributed by atoms with Gasteiger partial charge in [0.25, 0.3) is 5.91 Å². The van der Waals surface area contributed by atoms with E-state index in [9.17, 15) is 28.9 Å². The van der Waals surface area contributed by atoms with Gasteiger partial charge in [0.15, 0.2) is 25.4 Å². The first-order chi connectivity index (χ1) is 27.8. The molecule has 3 amide bonds. The number of amides is 3. The average Bonchev–Trinajstić information content (AvgIpc) is 3.74. The number of nitrogens with one attached hydrogen (secondary N) is 2. The minimum Gasteiger partial charge on any atom is -0.481 e. The molecule has 4 aromatic rings. The van der Waals surface area contributed by atoms with Crippen LogP contribution in [-0.4, -0.2) is 66.5 Å². The Kier molecular flexibility index (Phi) is 18.8. The predicted octanol–water partition coefficient (Wildman–Crippen LogP) is 6.46. The lowest BCUT2D eigenvalue weighted by atomic mass is 9.90. The van der Waals surface area contributed by atoms with Crippen LogP contribution in [0.4, 0.5) is 0 Å². The van der Waals surface area contributed by atoms with Gasteiger partial charge < -0.3 is 33.9 Å². The fourth-order valence-corrected chi connectivity index (χ4v) is 6.17. The standard InChI is InChI=1S/C41H48N3O12P/c1-3-5-8-17-34(35(4-2)44(28-46)53-29-55-57(50)54-25-31-15-11-7-12-16-31)40(48)42-27-43-41(49)37-21-20-36(56-37)32-18-19-33(23-45)38(22-32)51-26-39(47)52-24-30-13-9-6-10-14-30/h6-7,9-16,18-23,28,34-35,50H,3-5,8,17,24-27,29H2,1-2H3,(H,42,48)(H,43,49). The van der Waals surface area contributed by atoms with Crippen LogP contribution in [0, 0.1) is 5.92 Å². The predicted molar refractivity (Wildman–Crippen MR) is 209 cm³/mol. The summed E-state index contributed by atoms with van der Waals surface area (Å²) in [7, 11) is -2.29. The molecule has 0 aliphatic heterocycles. The van der Waals surface area contributed by atoms with E-state index in [-0.39, 0.29) is 42.7 Å². The molecule has 0 aliphatic carbocycles. The Morgan fingerprint density at radius 3 is 2.26 bits per heavy atom. The zero-order valence-corrected chi connectivity index (χ0v) is 32.8. The van der Waals surface area contributed by atoms with Crippen LogP contribution < -0.4 is 15.4 Å². The van der Waals surface area contributed by atoms with Gasteiger partial charge in [-0.2, -0.15) is 0 Å². The number of carbonyl (C=O) groups excluding carboxylic acids is 5. The van der Waals surface area contributed by atoms with Crippen molar-refractivity contribution < 1.29 is 56.6 Å². The first kappa shape index (κ1) is 44.3. The number of aldehydes is 1. The van der Waals surface area contributed by atoms with E-state index >= 15 is 0 Å². The number of carbonyl (C=O) groups is 5. The smallest absolute Gasteiger partial charge is 0.344 e. The van der Waals surface area contributed by atoms with Crippen molar-refractivity contribution in [2.75, 3.05) is 20.1 Å². The minimum atomic E-state index is -2.29. The van der Waals surface area contributed by atoms with Crippen LogP contribution in [0.1, 0.15) is 78.0 Å². The number of benzene rings is 3. The normalized spacial score (nSPS) is 12.5. The zero-order valence-electron chi connectivity index (χ0n) is 31.9. The number of rotatable bonds is 26. The van der Waals surface area contributed by atoms with Gasteiger partial charge in [-0.05, 0) is 48.2 Å². The lowest BCUT2D eigenvalue weighted by Gasteiger charge is -2.32. The van der Waals surface area contributed by atoms with Gasteiger partial charge in [0.1, 0.15) is 18.1 Å². The second kappa shape index (κ2) is 24.3. The van der Waals surface area contributed by atoms with E-state index in [1.54, 1.807) is 12.1 Å². The Morgan fingerprint density at radius 2 is 1.60 bits per heavy atom. The fraction of sp³-hybridized carbons (Fsp3) is 0.341. The van der Waals surface area contributed by atoms with Crippen molar-refractivity contribution in [1.29, 1.82) is 0 Å². The lowest BCUT2D eigenvalue weighted by molar-refractivity contribution is -0.220. The van der Waals surface area contributed by atoms with Crippen molar-refractivity contribution in [3.05, 3.63) is 113 Å². The van der Waals surface area contributed by atoms with Crippen molar-refractivity contribution in [3.63, 3.8) is 0 Å². The van der Waals surface area contributed by atoms with Crippen molar-refractivity contribution in [2.24, 2.45) is 5.92 Å². The topological polar surface area (TPSA) is 192 Å². The number of esters is 1. The second-order valence-corrected chi connectivity index (χ2v) is 13.6. The molecule has 3 aromatic carbocycles. The summed E-state index contributed by atoms with van der Waals surface area (Å²) in [6, 6.07) is 25.3. The van der Waals surface area contributed by atoms with Crippen molar-refractivity contribution in [1.82, 2.24) is 15.7 Å². The molecule has 0 bridgehead atoms. The third-order valence-corrected chi connectivity index (χ3v) is 9.35. The van der Waals surface area contributed by atoms with Gasteiger partial charge in [0.05, 0.1) is 30.8 Å². The first-order valence-electron chi connectivity index (χ1n) is 18.5. The summed E-state index contributed by atoms with van der Waals surface area (Å²) in [5.41, 5.74) is 2.34. The third kappa shape index (κ3) is 14.5. The Balaban J connectivity index is 1.29. The summed E-state index contributed by atoms with van der Waals surface area (Å²) in [6.07, 6.45) is 4.35. The van der Waals surface area contributed by atoms with Crippen LogP contribution in [0.25, 0.3) is 11.3 Å². The van der Waals surface area contributed by atoms with Crippen molar-refractivity contribution in [2.45, 2.75) is 65.2 Å². The number of hydrogen-bond acceptors (Lipinski definition) is 12. The summed E-state index contributed by atoms with van der Waals surface area (Å²) in [5.74, 6) is -1.96. The number of hydroxylamine groups is 2. The van der Waals surface area contributed by atoms with Crippen LogP contribution in [0.5, 0.6) is 5.75 Å². The van der Waals surface area contributed by atoms with E-state index in [0.717, 1.165) is 29.0 Å². The summed E-state index contributed by atoms with van der Waals surface area (Å²) in [6.45, 7) is 2.89. The van der Waals surface area contributed by atoms with Gasteiger partial charge in [-0.25, -0.2) is 14.7 Å². The first-order valence-corrected chi connectivity index (χ1v) is 19.6. The van der Waals surface area contributed by atoms with Crippen LogP contribution in [-0.2, 0) is 46.2 Å². The van der Waals surface area contributed by atoms with Gasteiger partial charge >= 0.3 is 14.6 Å². The lowest BCUT2D eigenvalue weighted by Crippen LogP contribution is -2.48. The molecule has 16 heteroatoms. The molecule has 3 atom stereocenters. The molecule has 0 saturated heterocycles. The molecule has 0 aliphatic rings. The second-order valence-electron chi connectivity index (χ2n) is 12.6. The molecule has 1 heterocycles. The van der Waals surface area contributed by atoms with Gasteiger partial charge in [-0.3, -0.25) is 23.7 Å². The van der Waals surface area contributed by atoms with E-state index < -0.39 is 51.7 Å². The third-order valence-electron chi connectivity index (χ3n) is 8.67. The molecule has 57 heavy (non-hydrogen) atoms. The maximum atomic E-state index is 13.5. The number of nitrogens with zero attached hydrogens (tertiary/aromatic N) is 1. The average molecular weight is 806 g/mol. The molecule has 0 spiro atoms. The van der Waals surface area contributed by atoms with E-state index in [2.05, 4.69) is 10.6 Å². The highest BCUT2D eigenvalue weighted by Gasteiger charge is 2.32. The number of ether oxygens (including phenoxy) is 2. The highest BCUT2D eigenvalue weighted by Crippen LogP contribution is 2.34. The van der Waals surface area contributed by atoms with E-state index in [4.69, 9.17) is 27.8 Å². The van der Waals surface area contributed by atoms with Crippen LogP contribution in [0.15, 0.2) is 95.4 Å². The molecule has 3 unspecified atom stereocenters. The number of hydrogen-bond donors (Lipinski definition) is 3. The Morgan fingerprint density at radius 1 is 0.877 bits per heavy atom.